The molecule has 2 N–H and O–H groups in total. The van der Waals surface area contributed by atoms with Gasteiger partial charge in [0.1, 0.15) is 41.9 Å². The number of aromatic nitrogens is 6. The third-order valence-corrected chi connectivity index (χ3v) is 12.3. The molecule has 3 atom stereocenters. The van der Waals surface area contributed by atoms with Gasteiger partial charge in [0.25, 0.3) is 24.3 Å². The van der Waals surface area contributed by atoms with E-state index in [-0.39, 0.29) is 50.1 Å². The summed E-state index contributed by atoms with van der Waals surface area (Å²) >= 11 is 6.58. The highest BCUT2D eigenvalue weighted by molar-refractivity contribution is 7.92. The minimum Gasteiger partial charge on any atom is -0.378 e. The number of hydrogen-bond acceptors (Lipinski definition) is 9. The van der Waals surface area contributed by atoms with E-state index in [2.05, 4.69) is 20.2 Å². The van der Waals surface area contributed by atoms with E-state index in [9.17, 15) is 39.6 Å². The summed E-state index contributed by atoms with van der Waals surface area (Å²) in [6.45, 7) is -0.499. The quantitative estimate of drug-likeness (QED) is 0.122. The van der Waals surface area contributed by atoms with Crippen LogP contribution < -0.4 is 20.5 Å². The lowest BCUT2D eigenvalue weighted by Gasteiger charge is -2.29. The highest BCUT2D eigenvalue weighted by Crippen LogP contribution is 2.68. The average Bonchev–Trinajstić information content (AvgIpc) is 3.74. The van der Waals surface area contributed by atoms with Crippen LogP contribution in [0.3, 0.4) is 0 Å². The van der Waals surface area contributed by atoms with E-state index in [0.29, 0.717) is 42.7 Å². The van der Waals surface area contributed by atoms with Gasteiger partial charge in [0.05, 0.1) is 58.0 Å². The topological polar surface area (TPSA) is 158 Å². The highest BCUT2D eigenvalue weighted by atomic mass is 35.5. The van der Waals surface area contributed by atoms with Gasteiger partial charge in [-0.3, -0.25) is 28.2 Å². The number of rotatable bonds is 13. The van der Waals surface area contributed by atoms with Crippen LogP contribution in [0.2, 0.25) is 5.02 Å². The molecule has 14 nitrogen and oxygen atoms in total. The lowest BCUT2D eigenvalue weighted by atomic mass is 10.0. The van der Waals surface area contributed by atoms with Gasteiger partial charge in [-0.05, 0) is 60.4 Å². The third-order valence-electron chi connectivity index (χ3n) is 11.4. The summed E-state index contributed by atoms with van der Waals surface area (Å²) in [5.41, 5.74) is -3.00. The van der Waals surface area contributed by atoms with Crippen LogP contribution in [-0.4, -0.2) is 82.4 Å². The standard InChI is InChI=1S/C40H34ClF8N9O5S/c1-64(61,62)54-37-32-25(41)4-5-28(34(32)56(53-37)16-29(44)45)58-38(51-26-14-21(2-3-22(26)39(58)60)55-6-8-63-9-7-55)27(12-18-10-19(42)13-20(43)11-18)50-30(59)17-57-35-31(33(52-57)36(46)47)23-15-24(23)40(35,48)49/h2-5,10-11,13-14,23-24,27,29,36H,6-9,12,15-17H2,1H3,(H,50,59)(H,53,54)/t23-,24+,27-/m0/s1. The number of hydrogen-bond donors (Lipinski definition) is 2. The lowest BCUT2D eigenvalue weighted by molar-refractivity contribution is -0.123. The van der Waals surface area contributed by atoms with Crippen molar-refractivity contribution in [2.24, 2.45) is 5.92 Å². The first-order valence-corrected chi connectivity index (χ1v) is 21.9. The molecule has 3 aliphatic rings. The molecule has 24 heteroatoms. The normalized spacial score (nSPS) is 18.5. The molecule has 1 saturated heterocycles. The van der Waals surface area contributed by atoms with Crippen molar-refractivity contribution >= 4 is 60.8 Å². The number of carbonyl (C=O) groups is 1. The number of anilines is 2. The molecule has 2 fully saturated rings. The minimum atomic E-state index is -4.12. The van der Waals surface area contributed by atoms with Crippen molar-refractivity contribution in [2.45, 2.75) is 56.7 Å². The largest absolute Gasteiger partial charge is 0.378 e. The number of morpholine rings is 1. The van der Waals surface area contributed by atoms with Crippen molar-refractivity contribution in [1.29, 1.82) is 0 Å². The molecule has 3 aromatic heterocycles. The maximum absolute atomic E-state index is 15.5. The Balaban J connectivity index is 1.26. The first-order valence-electron chi connectivity index (χ1n) is 19.6. The van der Waals surface area contributed by atoms with Crippen molar-refractivity contribution in [1.82, 2.24) is 34.4 Å². The number of nitrogens with zero attached hydrogens (tertiary/aromatic N) is 7. The molecule has 4 heterocycles. The molecule has 2 aliphatic carbocycles. The van der Waals surface area contributed by atoms with E-state index < -0.39 is 112 Å². The number of benzene rings is 3. The Bertz CT molecular complexity index is 3030. The van der Waals surface area contributed by atoms with Gasteiger partial charge in [0.2, 0.25) is 15.9 Å². The number of fused-ring (bicyclic) bond motifs is 5. The van der Waals surface area contributed by atoms with E-state index in [1.807, 2.05) is 4.90 Å². The van der Waals surface area contributed by atoms with Crippen LogP contribution in [-0.2, 0) is 45.0 Å². The SMILES string of the molecule is CS(=O)(=O)Nc1nn(CC(F)F)c2c(-n3c([C@H](Cc4cc(F)cc(F)c4)NC(=O)Cn4nc(C(F)F)c5c4C(F)(F)[C@@H]4C[C@H]54)nc4cc(N5CCOCC5)ccc4c3=O)ccc(Cl)c12. The Morgan fingerprint density at radius 1 is 1.00 bits per heavy atom. The maximum atomic E-state index is 15.5. The Labute approximate surface area is 361 Å². The molecule has 6 aromatic rings. The van der Waals surface area contributed by atoms with Crippen molar-refractivity contribution in [3.63, 3.8) is 0 Å². The third kappa shape index (κ3) is 7.90. The number of halogens is 9. The fraction of sp³-hybridized carbons (Fsp3) is 0.375. The molecule has 0 radical (unpaired) electrons. The number of carbonyl (C=O) groups excluding carboxylic acids is 1. The van der Waals surface area contributed by atoms with Crippen molar-refractivity contribution in [3.05, 3.63) is 104 Å². The number of amides is 1. The molecule has 9 rings (SSSR count). The van der Waals surface area contributed by atoms with E-state index in [1.165, 1.54) is 18.2 Å². The molecule has 0 bridgehead atoms. The lowest BCUT2D eigenvalue weighted by Crippen LogP contribution is -2.38. The van der Waals surface area contributed by atoms with Crippen molar-refractivity contribution < 1.29 is 53.1 Å². The maximum Gasteiger partial charge on any atom is 0.293 e. The van der Waals surface area contributed by atoms with Gasteiger partial charge in [-0.1, -0.05) is 11.6 Å². The number of ether oxygens (including phenoxy) is 1. The van der Waals surface area contributed by atoms with Gasteiger partial charge in [-0.25, -0.2) is 39.7 Å². The zero-order valence-corrected chi connectivity index (χ0v) is 34.7. The van der Waals surface area contributed by atoms with Gasteiger partial charge < -0.3 is 15.0 Å². The molecule has 1 amide bonds. The smallest absolute Gasteiger partial charge is 0.293 e. The van der Waals surface area contributed by atoms with Crippen LogP contribution >= 0.6 is 11.6 Å². The molecular formula is C40H34ClF8N9O5S. The fourth-order valence-electron chi connectivity index (χ4n) is 8.75. The second kappa shape index (κ2) is 16.0. The van der Waals surface area contributed by atoms with Crippen LogP contribution in [0.4, 0.5) is 46.6 Å². The van der Waals surface area contributed by atoms with Crippen LogP contribution in [0.15, 0.2) is 53.3 Å². The van der Waals surface area contributed by atoms with Crippen LogP contribution in [0.1, 0.15) is 53.1 Å². The van der Waals surface area contributed by atoms with Crippen LogP contribution in [0, 0.1) is 17.6 Å². The Kier molecular flexibility index (Phi) is 10.9. The van der Waals surface area contributed by atoms with Gasteiger partial charge in [-0.2, -0.15) is 19.0 Å². The van der Waals surface area contributed by atoms with Gasteiger partial charge in [0.15, 0.2) is 5.82 Å². The summed E-state index contributed by atoms with van der Waals surface area (Å²) in [5, 5.41) is 9.92. The predicted octanol–water partition coefficient (Wildman–Crippen LogP) is 6.58. The van der Waals surface area contributed by atoms with E-state index in [0.717, 1.165) is 27.6 Å². The Hall–Kier alpha value is -5.81. The van der Waals surface area contributed by atoms with Crippen molar-refractivity contribution in [2.75, 3.05) is 42.2 Å². The van der Waals surface area contributed by atoms with E-state index >= 15 is 13.6 Å². The summed E-state index contributed by atoms with van der Waals surface area (Å²) in [5.74, 6) is -9.79. The van der Waals surface area contributed by atoms with Gasteiger partial charge in [-0.15, -0.1) is 0 Å². The first kappa shape index (κ1) is 43.4. The molecule has 64 heavy (non-hydrogen) atoms. The van der Waals surface area contributed by atoms with Gasteiger partial charge in [0, 0.05) is 42.7 Å². The van der Waals surface area contributed by atoms with E-state index in [4.69, 9.17) is 21.3 Å². The molecular weight excluding hydrogens is 906 g/mol. The molecule has 0 spiro atoms. The molecule has 1 aliphatic heterocycles. The Morgan fingerprint density at radius 2 is 1.72 bits per heavy atom. The number of alkyl halides is 6. The zero-order valence-electron chi connectivity index (χ0n) is 33.1. The second-order valence-electron chi connectivity index (χ2n) is 15.8. The summed E-state index contributed by atoms with van der Waals surface area (Å²) in [6, 6.07) is 7.89. The zero-order chi connectivity index (χ0) is 45.6. The van der Waals surface area contributed by atoms with E-state index in [1.54, 1.807) is 12.1 Å². The van der Waals surface area contributed by atoms with Crippen LogP contribution in [0.5, 0.6) is 0 Å². The number of nitrogens with one attached hydrogen (secondary N) is 2. The molecule has 3 aromatic carbocycles. The monoisotopic (exact) mass is 939 g/mol. The summed E-state index contributed by atoms with van der Waals surface area (Å²) < 4.78 is 152. The molecule has 0 unspecified atom stereocenters. The second-order valence-corrected chi connectivity index (χ2v) is 17.9. The van der Waals surface area contributed by atoms with Gasteiger partial charge >= 0.3 is 0 Å². The van der Waals surface area contributed by atoms with Crippen molar-refractivity contribution in [3.8, 4) is 5.69 Å². The first-order chi connectivity index (χ1) is 30.3. The fourth-order valence-corrected chi connectivity index (χ4v) is 9.49. The minimum absolute atomic E-state index is 0.0287. The summed E-state index contributed by atoms with van der Waals surface area (Å²) in [6.07, 6.45) is -6.15. The highest BCUT2D eigenvalue weighted by Gasteiger charge is 2.67. The summed E-state index contributed by atoms with van der Waals surface area (Å²) in [7, 11) is -4.12. The predicted molar refractivity (Wildman–Crippen MR) is 216 cm³/mol. The Morgan fingerprint density at radius 3 is 2.39 bits per heavy atom. The number of sulfonamides is 1. The van der Waals surface area contributed by atoms with Crippen LogP contribution in [0.25, 0.3) is 27.5 Å². The summed E-state index contributed by atoms with van der Waals surface area (Å²) in [4.78, 5) is 36.0. The molecule has 338 valence electrons. The average molecular weight is 940 g/mol. The molecule has 1 saturated carbocycles.